The minimum absolute atomic E-state index is 0.146. The minimum atomic E-state index is -0.146. The lowest BCUT2D eigenvalue weighted by molar-refractivity contribution is 0.0818. The molecule has 1 N–H and O–H groups in total. The van der Waals surface area contributed by atoms with Gasteiger partial charge in [0.15, 0.2) is 0 Å². The summed E-state index contributed by atoms with van der Waals surface area (Å²) in [6.45, 7) is 9.50. The van der Waals surface area contributed by atoms with Crippen LogP contribution in [0.4, 0.5) is 4.79 Å². The molecule has 4 heteroatoms. The molecule has 17 heavy (non-hydrogen) atoms. The van der Waals surface area contributed by atoms with E-state index in [1.807, 2.05) is 18.7 Å². The standard InChI is InChI=1S/C13H26N2O2/c1-4-7-14-12-5-8-15(9-6-12)13(16)17-10-11(2)3/h11-12,14H,4-10H2,1-3H3. The second kappa shape index (κ2) is 7.54. The van der Waals surface area contributed by atoms with E-state index >= 15 is 0 Å². The number of carbonyl (C=O) groups excluding carboxylic acids is 1. The summed E-state index contributed by atoms with van der Waals surface area (Å²) in [6.07, 6.45) is 3.09. The Bertz CT molecular complexity index is 223. The number of likely N-dealkylation sites (tertiary alicyclic amines) is 1. The molecule has 1 amide bonds. The van der Waals surface area contributed by atoms with Crippen LogP contribution >= 0.6 is 0 Å². The third kappa shape index (κ3) is 5.39. The number of hydrogen-bond donors (Lipinski definition) is 1. The van der Waals surface area contributed by atoms with Gasteiger partial charge in [-0.05, 0) is 31.7 Å². The van der Waals surface area contributed by atoms with E-state index in [0.29, 0.717) is 18.6 Å². The van der Waals surface area contributed by atoms with E-state index in [2.05, 4.69) is 12.2 Å². The highest BCUT2D eigenvalue weighted by molar-refractivity contribution is 5.67. The van der Waals surface area contributed by atoms with Crippen LogP contribution in [0.1, 0.15) is 40.0 Å². The fourth-order valence-electron chi connectivity index (χ4n) is 1.94. The molecule has 0 aromatic heterocycles. The molecule has 0 spiro atoms. The summed E-state index contributed by atoms with van der Waals surface area (Å²) in [5.41, 5.74) is 0. The first-order valence-corrected chi connectivity index (χ1v) is 6.78. The maximum atomic E-state index is 11.7. The molecule has 0 aromatic carbocycles. The summed E-state index contributed by atoms with van der Waals surface area (Å²) in [5, 5.41) is 3.50. The molecule has 0 radical (unpaired) electrons. The smallest absolute Gasteiger partial charge is 0.409 e. The van der Waals surface area contributed by atoms with E-state index in [4.69, 9.17) is 4.74 Å². The normalized spacial score (nSPS) is 17.5. The van der Waals surface area contributed by atoms with Crippen LogP contribution in [0.2, 0.25) is 0 Å². The molecule has 4 nitrogen and oxygen atoms in total. The lowest BCUT2D eigenvalue weighted by atomic mass is 10.1. The zero-order chi connectivity index (χ0) is 12.7. The van der Waals surface area contributed by atoms with Gasteiger partial charge < -0.3 is 15.0 Å². The lowest BCUT2D eigenvalue weighted by Gasteiger charge is -2.32. The maximum Gasteiger partial charge on any atom is 0.409 e. The molecule has 0 saturated carbocycles. The van der Waals surface area contributed by atoms with E-state index in [0.717, 1.165) is 38.9 Å². The fourth-order valence-corrected chi connectivity index (χ4v) is 1.94. The Morgan fingerprint density at radius 3 is 2.59 bits per heavy atom. The van der Waals surface area contributed by atoms with Crippen molar-refractivity contribution in [1.82, 2.24) is 10.2 Å². The molecule has 1 rings (SSSR count). The van der Waals surface area contributed by atoms with Gasteiger partial charge in [0, 0.05) is 19.1 Å². The molecule has 0 unspecified atom stereocenters. The van der Waals surface area contributed by atoms with Crippen molar-refractivity contribution in [2.24, 2.45) is 5.92 Å². The van der Waals surface area contributed by atoms with Crippen molar-refractivity contribution >= 4 is 6.09 Å². The number of nitrogens with zero attached hydrogens (tertiary/aromatic N) is 1. The average molecular weight is 242 g/mol. The van der Waals surface area contributed by atoms with Crippen molar-refractivity contribution in [2.75, 3.05) is 26.2 Å². The van der Waals surface area contributed by atoms with Gasteiger partial charge >= 0.3 is 6.09 Å². The zero-order valence-corrected chi connectivity index (χ0v) is 11.4. The first-order valence-electron chi connectivity index (χ1n) is 6.78. The van der Waals surface area contributed by atoms with Crippen LogP contribution in [0.25, 0.3) is 0 Å². The molecule has 100 valence electrons. The number of ether oxygens (including phenoxy) is 1. The van der Waals surface area contributed by atoms with Crippen molar-refractivity contribution in [1.29, 1.82) is 0 Å². The van der Waals surface area contributed by atoms with Gasteiger partial charge in [0.25, 0.3) is 0 Å². The molecule has 0 bridgehead atoms. The summed E-state index contributed by atoms with van der Waals surface area (Å²) in [4.78, 5) is 13.5. The first kappa shape index (κ1) is 14.3. The number of rotatable bonds is 5. The third-order valence-corrected chi connectivity index (χ3v) is 2.98. The summed E-state index contributed by atoms with van der Waals surface area (Å²) >= 11 is 0. The number of nitrogens with one attached hydrogen (secondary N) is 1. The van der Waals surface area contributed by atoms with Crippen molar-refractivity contribution in [3.05, 3.63) is 0 Å². The predicted molar refractivity (Wildman–Crippen MR) is 69.1 cm³/mol. The number of carbonyl (C=O) groups is 1. The van der Waals surface area contributed by atoms with Crippen LogP contribution in [0, 0.1) is 5.92 Å². The van der Waals surface area contributed by atoms with Gasteiger partial charge in [-0.2, -0.15) is 0 Å². The van der Waals surface area contributed by atoms with Gasteiger partial charge in [-0.25, -0.2) is 4.79 Å². The van der Waals surface area contributed by atoms with Gasteiger partial charge in [-0.1, -0.05) is 20.8 Å². The molecule has 0 aromatic rings. The Labute approximate surface area is 105 Å². The SMILES string of the molecule is CCCNC1CCN(C(=O)OCC(C)C)CC1. The molecular weight excluding hydrogens is 216 g/mol. The molecule has 1 aliphatic heterocycles. The van der Waals surface area contributed by atoms with Crippen molar-refractivity contribution in [3.8, 4) is 0 Å². The van der Waals surface area contributed by atoms with Crippen LogP contribution in [-0.2, 0) is 4.74 Å². The Kier molecular flexibility index (Phi) is 6.34. The van der Waals surface area contributed by atoms with Crippen LogP contribution in [-0.4, -0.2) is 43.3 Å². The summed E-state index contributed by atoms with van der Waals surface area (Å²) in [5.74, 6) is 0.405. The molecular formula is C13H26N2O2. The Morgan fingerprint density at radius 2 is 2.06 bits per heavy atom. The molecule has 1 saturated heterocycles. The average Bonchev–Trinajstić information content (AvgIpc) is 2.34. The van der Waals surface area contributed by atoms with Crippen LogP contribution in [0.3, 0.4) is 0 Å². The zero-order valence-electron chi connectivity index (χ0n) is 11.4. The summed E-state index contributed by atoms with van der Waals surface area (Å²) in [7, 11) is 0. The maximum absolute atomic E-state index is 11.7. The molecule has 1 aliphatic rings. The largest absolute Gasteiger partial charge is 0.449 e. The van der Waals surface area contributed by atoms with E-state index < -0.39 is 0 Å². The minimum Gasteiger partial charge on any atom is -0.449 e. The number of hydrogen-bond acceptors (Lipinski definition) is 3. The van der Waals surface area contributed by atoms with E-state index in [1.54, 1.807) is 0 Å². The van der Waals surface area contributed by atoms with E-state index in [9.17, 15) is 4.79 Å². The molecule has 1 fully saturated rings. The third-order valence-electron chi connectivity index (χ3n) is 2.98. The topological polar surface area (TPSA) is 41.6 Å². The van der Waals surface area contributed by atoms with Crippen molar-refractivity contribution < 1.29 is 9.53 Å². The first-order chi connectivity index (χ1) is 8.13. The van der Waals surface area contributed by atoms with Gasteiger partial charge in [-0.15, -0.1) is 0 Å². The van der Waals surface area contributed by atoms with Crippen LogP contribution in [0.15, 0.2) is 0 Å². The quantitative estimate of drug-likeness (QED) is 0.804. The molecule has 0 atom stereocenters. The van der Waals surface area contributed by atoms with Crippen molar-refractivity contribution in [3.63, 3.8) is 0 Å². The Hall–Kier alpha value is -0.770. The van der Waals surface area contributed by atoms with Gasteiger partial charge in [-0.3, -0.25) is 0 Å². The van der Waals surface area contributed by atoms with Crippen LogP contribution < -0.4 is 5.32 Å². The number of amides is 1. The second-order valence-electron chi connectivity index (χ2n) is 5.19. The van der Waals surface area contributed by atoms with E-state index in [-0.39, 0.29) is 6.09 Å². The highest BCUT2D eigenvalue weighted by Crippen LogP contribution is 2.11. The molecule has 0 aliphatic carbocycles. The van der Waals surface area contributed by atoms with Gasteiger partial charge in [0.05, 0.1) is 6.61 Å². The summed E-state index contributed by atoms with van der Waals surface area (Å²) < 4.78 is 5.23. The van der Waals surface area contributed by atoms with E-state index in [1.165, 1.54) is 0 Å². The Balaban J connectivity index is 2.19. The lowest BCUT2D eigenvalue weighted by Crippen LogP contribution is -2.45. The van der Waals surface area contributed by atoms with Gasteiger partial charge in [0.2, 0.25) is 0 Å². The van der Waals surface area contributed by atoms with Crippen LogP contribution in [0.5, 0.6) is 0 Å². The highest BCUT2D eigenvalue weighted by atomic mass is 16.6. The van der Waals surface area contributed by atoms with Gasteiger partial charge in [0.1, 0.15) is 0 Å². The second-order valence-corrected chi connectivity index (χ2v) is 5.19. The monoisotopic (exact) mass is 242 g/mol. The predicted octanol–water partition coefficient (Wildman–Crippen LogP) is 2.24. The Morgan fingerprint density at radius 1 is 1.41 bits per heavy atom. The number of piperidine rings is 1. The summed E-state index contributed by atoms with van der Waals surface area (Å²) in [6, 6.07) is 0.573. The molecule has 1 heterocycles. The highest BCUT2D eigenvalue weighted by Gasteiger charge is 2.23. The fraction of sp³-hybridized carbons (Fsp3) is 0.923. The van der Waals surface area contributed by atoms with Crippen molar-refractivity contribution in [2.45, 2.75) is 46.1 Å².